The van der Waals surface area contributed by atoms with Gasteiger partial charge in [0.1, 0.15) is 5.82 Å². The van der Waals surface area contributed by atoms with Crippen LogP contribution in [0.25, 0.3) is 0 Å². The maximum Gasteiger partial charge on any atom is 0.194 e. The zero-order chi connectivity index (χ0) is 12.4. The fourth-order valence-corrected chi connectivity index (χ4v) is 1.48. The van der Waals surface area contributed by atoms with Gasteiger partial charge in [-0.25, -0.2) is 0 Å². The standard InChI is InChI=1S/C6H11N3S.C6H14/c1-3-4-5-7-8-6(10)9(5)2;1-3-5-6-4-2/h3-4H2,1-2H3,(H,8,10);3-6H2,1-2H3. The Balaban J connectivity index is 0.000000325. The zero-order valence-corrected chi connectivity index (χ0v) is 11.9. The van der Waals surface area contributed by atoms with E-state index in [1.165, 1.54) is 25.7 Å². The highest BCUT2D eigenvalue weighted by Crippen LogP contribution is 1.97. The summed E-state index contributed by atoms with van der Waals surface area (Å²) in [5.74, 6) is 1.03. The Kier molecular flexibility index (Phi) is 9.19. The molecule has 0 bridgehead atoms. The predicted octanol–water partition coefficient (Wildman–Crippen LogP) is 4.02. The highest BCUT2D eigenvalue weighted by molar-refractivity contribution is 7.71. The topological polar surface area (TPSA) is 33.6 Å². The van der Waals surface area contributed by atoms with Gasteiger partial charge in [0, 0.05) is 13.5 Å². The molecular formula is C12H25N3S. The van der Waals surface area contributed by atoms with E-state index in [9.17, 15) is 0 Å². The van der Waals surface area contributed by atoms with Gasteiger partial charge in [0.25, 0.3) is 0 Å². The van der Waals surface area contributed by atoms with E-state index in [-0.39, 0.29) is 0 Å². The second-order valence-corrected chi connectivity index (χ2v) is 4.35. The molecule has 0 aliphatic carbocycles. The lowest BCUT2D eigenvalue weighted by Crippen LogP contribution is -1.96. The largest absolute Gasteiger partial charge is 0.307 e. The van der Waals surface area contributed by atoms with Crippen LogP contribution in [0, 0.1) is 4.77 Å². The molecule has 1 aromatic rings. The number of rotatable bonds is 5. The van der Waals surface area contributed by atoms with E-state index in [2.05, 4.69) is 31.0 Å². The van der Waals surface area contributed by atoms with Crippen molar-refractivity contribution in [3.05, 3.63) is 10.6 Å². The van der Waals surface area contributed by atoms with Crippen LogP contribution in [0.15, 0.2) is 0 Å². The van der Waals surface area contributed by atoms with Crippen LogP contribution in [-0.4, -0.2) is 14.8 Å². The number of hydrogen-bond donors (Lipinski definition) is 1. The molecule has 0 saturated carbocycles. The fourth-order valence-electron chi connectivity index (χ4n) is 1.33. The van der Waals surface area contributed by atoms with E-state index >= 15 is 0 Å². The third-order valence-corrected chi connectivity index (χ3v) is 2.77. The first-order chi connectivity index (χ1) is 7.67. The van der Waals surface area contributed by atoms with E-state index < -0.39 is 0 Å². The molecule has 0 spiro atoms. The molecular weight excluding hydrogens is 218 g/mol. The van der Waals surface area contributed by atoms with Gasteiger partial charge >= 0.3 is 0 Å². The van der Waals surface area contributed by atoms with E-state index in [1.807, 2.05) is 11.6 Å². The average molecular weight is 243 g/mol. The molecule has 0 unspecified atom stereocenters. The van der Waals surface area contributed by atoms with Crippen molar-refractivity contribution in [1.82, 2.24) is 14.8 Å². The normalized spacial score (nSPS) is 9.75. The van der Waals surface area contributed by atoms with Gasteiger partial charge in [-0.2, -0.15) is 5.10 Å². The summed E-state index contributed by atoms with van der Waals surface area (Å²) in [4.78, 5) is 0. The minimum atomic E-state index is 0.698. The van der Waals surface area contributed by atoms with E-state index in [0.29, 0.717) is 4.77 Å². The Bertz CT molecular complexity index is 310. The summed E-state index contributed by atoms with van der Waals surface area (Å²) >= 11 is 4.93. The Morgan fingerprint density at radius 2 is 1.69 bits per heavy atom. The molecule has 4 heteroatoms. The molecule has 1 heterocycles. The highest BCUT2D eigenvalue weighted by atomic mass is 32.1. The number of aromatic amines is 1. The van der Waals surface area contributed by atoms with Crippen LogP contribution in [0.1, 0.15) is 58.7 Å². The minimum absolute atomic E-state index is 0.698. The van der Waals surface area contributed by atoms with Gasteiger partial charge in [-0.15, -0.1) is 0 Å². The van der Waals surface area contributed by atoms with Crippen molar-refractivity contribution in [3.63, 3.8) is 0 Å². The van der Waals surface area contributed by atoms with Crippen LogP contribution in [0.2, 0.25) is 0 Å². The van der Waals surface area contributed by atoms with E-state index in [0.717, 1.165) is 18.7 Å². The summed E-state index contributed by atoms with van der Waals surface area (Å²) in [7, 11) is 1.93. The van der Waals surface area contributed by atoms with Gasteiger partial charge in [0.05, 0.1) is 0 Å². The van der Waals surface area contributed by atoms with Crippen LogP contribution in [0.3, 0.4) is 0 Å². The smallest absolute Gasteiger partial charge is 0.194 e. The van der Waals surface area contributed by atoms with Gasteiger partial charge in [0.15, 0.2) is 4.77 Å². The molecule has 1 N–H and O–H groups in total. The number of unbranched alkanes of at least 4 members (excludes halogenated alkanes) is 3. The van der Waals surface area contributed by atoms with Crippen molar-refractivity contribution >= 4 is 12.2 Å². The van der Waals surface area contributed by atoms with E-state index in [4.69, 9.17) is 12.2 Å². The van der Waals surface area contributed by atoms with Crippen molar-refractivity contribution < 1.29 is 0 Å². The van der Waals surface area contributed by atoms with Gasteiger partial charge in [-0.05, 0) is 18.6 Å². The van der Waals surface area contributed by atoms with Crippen LogP contribution < -0.4 is 0 Å². The number of nitrogens with zero attached hydrogens (tertiary/aromatic N) is 2. The average Bonchev–Trinajstić information content (AvgIpc) is 2.60. The summed E-state index contributed by atoms with van der Waals surface area (Å²) in [6.07, 6.45) is 7.63. The SMILES string of the molecule is CCCCCC.CCCc1n[nH]c(=S)n1C. The summed E-state index contributed by atoms with van der Waals surface area (Å²) < 4.78 is 2.60. The number of nitrogens with one attached hydrogen (secondary N) is 1. The lowest BCUT2D eigenvalue weighted by Gasteiger charge is -1.94. The van der Waals surface area contributed by atoms with Crippen molar-refractivity contribution in [3.8, 4) is 0 Å². The highest BCUT2D eigenvalue weighted by Gasteiger charge is 1.97. The molecule has 0 fully saturated rings. The summed E-state index contributed by atoms with van der Waals surface area (Å²) in [5.41, 5.74) is 0. The summed E-state index contributed by atoms with van der Waals surface area (Å²) in [5, 5.41) is 6.79. The Hall–Kier alpha value is -0.640. The fraction of sp³-hybridized carbons (Fsp3) is 0.833. The molecule has 0 radical (unpaired) electrons. The first-order valence-electron chi connectivity index (χ1n) is 6.27. The monoisotopic (exact) mass is 243 g/mol. The summed E-state index contributed by atoms with van der Waals surface area (Å²) in [6, 6.07) is 0. The first-order valence-corrected chi connectivity index (χ1v) is 6.68. The number of aryl methyl sites for hydroxylation is 1. The molecule has 1 rings (SSSR count). The molecule has 0 aliphatic heterocycles. The summed E-state index contributed by atoms with van der Waals surface area (Å²) in [6.45, 7) is 6.59. The Labute approximate surface area is 104 Å². The van der Waals surface area contributed by atoms with Crippen LogP contribution in [0.5, 0.6) is 0 Å². The van der Waals surface area contributed by atoms with E-state index in [1.54, 1.807) is 0 Å². The second kappa shape index (κ2) is 9.58. The van der Waals surface area contributed by atoms with Gasteiger partial charge in [0.2, 0.25) is 0 Å². The molecule has 94 valence electrons. The number of H-pyrrole nitrogens is 1. The Morgan fingerprint density at radius 3 is 2.00 bits per heavy atom. The molecule has 1 aromatic heterocycles. The number of aromatic nitrogens is 3. The lowest BCUT2D eigenvalue weighted by atomic mass is 10.2. The van der Waals surface area contributed by atoms with Gasteiger partial charge in [-0.1, -0.05) is 46.5 Å². The maximum atomic E-state index is 4.93. The first kappa shape index (κ1) is 15.4. The molecule has 0 saturated heterocycles. The molecule has 0 atom stereocenters. The minimum Gasteiger partial charge on any atom is -0.307 e. The Morgan fingerprint density at radius 1 is 1.12 bits per heavy atom. The second-order valence-electron chi connectivity index (χ2n) is 3.96. The maximum absolute atomic E-state index is 4.93. The van der Waals surface area contributed by atoms with Crippen LogP contribution >= 0.6 is 12.2 Å². The lowest BCUT2D eigenvalue weighted by molar-refractivity contribution is 0.702. The van der Waals surface area contributed by atoms with Crippen LogP contribution in [-0.2, 0) is 13.5 Å². The quantitative estimate of drug-likeness (QED) is 0.626. The van der Waals surface area contributed by atoms with Gasteiger partial charge < -0.3 is 4.57 Å². The third kappa shape index (κ3) is 6.05. The van der Waals surface area contributed by atoms with Crippen molar-refractivity contribution in [2.24, 2.45) is 7.05 Å². The molecule has 0 aliphatic rings. The van der Waals surface area contributed by atoms with Gasteiger partial charge in [-0.3, -0.25) is 5.10 Å². The number of hydrogen-bond acceptors (Lipinski definition) is 2. The molecule has 16 heavy (non-hydrogen) atoms. The predicted molar refractivity (Wildman–Crippen MR) is 72.2 cm³/mol. The van der Waals surface area contributed by atoms with Crippen molar-refractivity contribution in [2.75, 3.05) is 0 Å². The molecule has 3 nitrogen and oxygen atoms in total. The third-order valence-electron chi connectivity index (χ3n) is 2.40. The molecule has 0 amide bonds. The van der Waals surface area contributed by atoms with Crippen molar-refractivity contribution in [1.29, 1.82) is 0 Å². The zero-order valence-electron chi connectivity index (χ0n) is 11.0. The van der Waals surface area contributed by atoms with Crippen LogP contribution in [0.4, 0.5) is 0 Å². The molecule has 0 aromatic carbocycles. The van der Waals surface area contributed by atoms with Crippen molar-refractivity contribution in [2.45, 2.75) is 59.3 Å².